The van der Waals surface area contributed by atoms with Gasteiger partial charge in [0.05, 0.1) is 0 Å². The number of nitrogens with one attached hydrogen (secondary N) is 1. The van der Waals surface area contributed by atoms with Crippen molar-refractivity contribution in [2.45, 2.75) is 12.7 Å². The summed E-state index contributed by atoms with van der Waals surface area (Å²) in [6, 6.07) is 6.25. The van der Waals surface area contributed by atoms with Gasteiger partial charge >= 0.3 is 18.1 Å². The van der Waals surface area contributed by atoms with E-state index in [1.807, 2.05) is 0 Å². The Kier molecular flexibility index (Phi) is 4.34. The predicted octanol–water partition coefficient (Wildman–Crippen LogP) is 2.53. The minimum atomic E-state index is -4.67. The van der Waals surface area contributed by atoms with Crippen LogP contribution >= 0.6 is 0 Å². The molecule has 0 aliphatic carbocycles. The lowest BCUT2D eigenvalue weighted by Crippen LogP contribution is -2.34. The van der Waals surface area contributed by atoms with Crippen LogP contribution in [-0.4, -0.2) is 35.2 Å². The number of hydrogen-bond donors (Lipinski definition) is 1. The van der Waals surface area contributed by atoms with E-state index in [0.717, 1.165) is 5.56 Å². The lowest BCUT2D eigenvalue weighted by Gasteiger charge is -2.16. The average Bonchev–Trinajstić information content (AvgIpc) is 2.97. The van der Waals surface area contributed by atoms with Gasteiger partial charge in [0.25, 0.3) is 0 Å². The molecule has 0 spiro atoms. The van der Waals surface area contributed by atoms with Crippen LogP contribution in [0.5, 0.6) is 0 Å². The summed E-state index contributed by atoms with van der Waals surface area (Å²) in [6.07, 6.45) is -4.67. The van der Waals surface area contributed by atoms with Gasteiger partial charge in [-0.3, -0.25) is 0 Å². The third-order valence-corrected chi connectivity index (χ3v) is 2.86. The molecule has 22 heavy (non-hydrogen) atoms. The maximum absolute atomic E-state index is 12.4. The molecule has 2 rings (SSSR count). The summed E-state index contributed by atoms with van der Waals surface area (Å²) < 4.78 is 41.4. The summed E-state index contributed by atoms with van der Waals surface area (Å²) in [6.45, 7) is 0.361. The van der Waals surface area contributed by atoms with Gasteiger partial charge in [-0.2, -0.15) is 18.2 Å². The van der Waals surface area contributed by atoms with Crippen molar-refractivity contribution in [3.8, 4) is 11.4 Å². The van der Waals surface area contributed by atoms with Crippen LogP contribution in [0.15, 0.2) is 28.8 Å². The standard InChI is InChI=1S/C13H13F3N4O2/c1-17-12(21)20(2)7-8-3-5-9(6-4-8)10-18-11(22-19-10)13(14,15)16/h3-6H,7H2,1-2H3,(H,17,21). The molecule has 0 saturated heterocycles. The monoisotopic (exact) mass is 314 g/mol. The van der Waals surface area contributed by atoms with Crippen molar-refractivity contribution >= 4 is 6.03 Å². The molecular weight excluding hydrogens is 301 g/mol. The molecule has 1 aromatic carbocycles. The maximum atomic E-state index is 12.4. The quantitative estimate of drug-likeness (QED) is 0.945. The van der Waals surface area contributed by atoms with Crippen LogP contribution in [0, 0.1) is 0 Å². The van der Waals surface area contributed by atoms with Crippen molar-refractivity contribution in [2.24, 2.45) is 0 Å². The lowest BCUT2D eigenvalue weighted by molar-refractivity contribution is -0.159. The zero-order valence-corrected chi connectivity index (χ0v) is 11.8. The Hall–Kier alpha value is -2.58. The number of carbonyl (C=O) groups is 1. The summed E-state index contributed by atoms with van der Waals surface area (Å²) in [7, 11) is 3.15. The first-order chi connectivity index (χ1) is 10.3. The van der Waals surface area contributed by atoms with E-state index in [4.69, 9.17) is 0 Å². The summed E-state index contributed by atoms with van der Waals surface area (Å²) in [5.74, 6) is -1.52. The fourth-order valence-electron chi connectivity index (χ4n) is 1.75. The Labute approximate surface area is 123 Å². The number of rotatable bonds is 3. The highest BCUT2D eigenvalue weighted by Gasteiger charge is 2.38. The molecule has 0 fully saturated rings. The molecule has 2 aromatic rings. The minimum Gasteiger partial charge on any atom is -0.341 e. The average molecular weight is 314 g/mol. The molecule has 0 saturated carbocycles. The van der Waals surface area contributed by atoms with Gasteiger partial charge < -0.3 is 14.7 Å². The van der Waals surface area contributed by atoms with E-state index in [-0.39, 0.29) is 11.9 Å². The highest BCUT2D eigenvalue weighted by atomic mass is 19.4. The molecule has 0 atom stereocenters. The second-order valence-electron chi connectivity index (χ2n) is 4.53. The summed E-state index contributed by atoms with van der Waals surface area (Å²) in [5.41, 5.74) is 1.21. The van der Waals surface area contributed by atoms with Gasteiger partial charge in [-0.25, -0.2) is 4.79 Å². The van der Waals surface area contributed by atoms with Gasteiger partial charge in [0.1, 0.15) is 0 Å². The highest BCUT2D eigenvalue weighted by Crippen LogP contribution is 2.29. The zero-order valence-electron chi connectivity index (χ0n) is 11.8. The topological polar surface area (TPSA) is 71.3 Å². The van der Waals surface area contributed by atoms with Gasteiger partial charge in [-0.05, 0) is 5.56 Å². The van der Waals surface area contributed by atoms with E-state index in [9.17, 15) is 18.0 Å². The lowest BCUT2D eigenvalue weighted by atomic mass is 10.1. The van der Waals surface area contributed by atoms with E-state index < -0.39 is 12.1 Å². The van der Waals surface area contributed by atoms with Gasteiger partial charge in [0.15, 0.2) is 0 Å². The molecule has 1 aromatic heterocycles. The van der Waals surface area contributed by atoms with Gasteiger partial charge in [0, 0.05) is 26.2 Å². The number of aromatic nitrogens is 2. The first-order valence-corrected chi connectivity index (χ1v) is 6.24. The molecule has 0 radical (unpaired) electrons. The number of carbonyl (C=O) groups excluding carboxylic acids is 1. The predicted molar refractivity (Wildman–Crippen MR) is 70.7 cm³/mol. The van der Waals surface area contributed by atoms with Crippen molar-refractivity contribution in [2.75, 3.05) is 14.1 Å². The van der Waals surface area contributed by atoms with E-state index >= 15 is 0 Å². The highest BCUT2D eigenvalue weighted by molar-refractivity contribution is 5.73. The van der Waals surface area contributed by atoms with E-state index in [1.165, 1.54) is 11.9 Å². The van der Waals surface area contributed by atoms with Gasteiger partial charge in [0.2, 0.25) is 5.82 Å². The molecule has 0 bridgehead atoms. The number of nitrogens with zero attached hydrogens (tertiary/aromatic N) is 3. The van der Waals surface area contributed by atoms with Crippen molar-refractivity contribution in [1.82, 2.24) is 20.4 Å². The third kappa shape index (κ3) is 3.54. The fourth-order valence-corrected chi connectivity index (χ4v) is 1.75. The van der Waals surface area contributed by atoms with Crippen molar-refractivity contribution < 1.29 is 22.5 Å². The number of benzene rings is 1. The molecule has 6 nitrogen and oxygen atoms in total. The van der Waals surface area contributed by atoms with Crippen LogP contribution in [0.4, 0.5) is 18.0 Å². The van der Waals surface area contributed by atoms with Gasteiger partial charge in [-0.15, -0.1) is 0 Å². The van der Waals surface area contributed by atoms with Crippen LogP contribution in [-0.2, 0) is 12.7 Å². The SMILES string of the molecule is CNC(=O)N(C)Cc1ccc(-c2noc(C(F)(F)F)n2)cc1. The Bertz CT molecular complexity index is 652. The third-order valence-electron chi connectivity index (χ3n) is 2.86. The summed E-state index contributed by atoms with van der Waals surface area (Å²) >= 11 is 0. The molecule has 1 N–H and O–H groups in total. The molecule has 2 amide bonds. The first-order valence-electron chi connectivity index (χ1n) is 6.24. The van der Waals surface area contributed by atoms with E-state index in [2.05, 4.69) is 20.0 Å². The van der Waals surface area contributed by atoms with E-state index in [0.29, 0.717) is 12.1 Å². The van der Waals surface area contributed by atoms with Crippen LogP contribution in [0.3, 0.4) is 0 Å². The van der Waals surface area contributed by atoms with Crippen LogP contribution in [0.1, 0.15) is 11.5 Å². The molecule has 9 heteroatoms. The van der Waals surface area contributed by atoms with Crippen molar-refractivity contribution in [3.05, 3.63) is 35.7 Å². The summed E-state index contributed by atoms with van der Waals surface area (Å²) in [4.78, 5) is 16.1. The van der Waals surface area contributed by atoms with Crippen molar-refractivity contribution in [1.29, 1.82) is 0 Å². The van der Waals surface area contributed by atoms with E-state index in [1.54, 1.807) is 31.3 Å². The smallest absolute Gasteiger partial charge is 0.341 e. The Morgan fingerprint density at radius 3 is 2.45 bits per heavy atom. The second-order valence-corrected chi connectivity index (χ2v) is 4.53. The molecule has 1 heterocycles. The Balaban J connectivity index is 2.12. The molecule has 0 unspecified atom stereocenters. The number of halogens is 3. The molecule has 0 aliphatic heterocycles. The Morgan fingerprint density at radius 1 is 1.32 bits per heavy atom. The number of urea groups is 1. The normalized spacial score (nSPS) is 11.3. The van der Waals surface area contributed by atoms with Crippen molar-refractivity contribution in [3.63, 3.8) is 0 Å². The molecular formula is C13H13F3N4O2. The second kappa shape index (κ2) is 6.04. The first kappa shape index (κ1) is 15.8. The van der Waals surface area contributed by atoms with Crippen LogP contribution < -0.4 is 5.32 Å². The van der Waals surface area contributed by atoms with Crippen LogP contribution in [0.25, 0.3) is 11.4 Å². The van der Waals surface area contributed by atoms with Gasteiger partial charge in [-0.1, -0.05) is 29.4 Å². The fraction of sp³-hybridized carbons (Fsp3) is 0.308. The maximum Gasteiger partial charge on any atom is 0.471 e. The molecule has 0 aliphatic rings. The minimum absolute atomic E-state index is 0.140. The zero-order chi connectivity index (χ0) is 16.3. The number of amides is 2. The Morgan fingerprint density at radius 2 is 1.95 bits per heavy atom. The molecule has 118 valence electrons. The summed E-state index contributed by atoms with van der Waals surface area (Å²) in [5, 5.41) is 5.79. The number of alkyl halides is 3. The van der Waals surface area contributed by atoms with Crippen LogP contribution in [0.2, 0.25) is 0 Å². The number of hydrogen-bond acceptors (Lipinski definition) is 4. The largest absolute Gasteiger partial charge is 0.471 e.